The maximum atomic E-state index is 9.06. The van der Waals surface area contributed by atoms with E-state index in [4.69, 9.17) is 7.51 Å². The van der Waals surface area contributed by atoms with Gasteiger partial charge < -0.3 is 0 Å². The van der Waals surface area contributed by atoms with Crippen LogP contribution in [-0.2, 0) is 18.8 Å². The van der Waals surface area contributed by atoms with Crippen LogP contribution in [0.2, 0.25) is 0 Å². The third kappa shape index (κ3) is 36.8. The molecule has 3 radical (unpaired) electrons. The van der Waals surface area contributed by atoms with E-state index in [0.29, 0.717) is 0 Å². The quantitative estimate of drug-likeness (QED) is 0.492. The van der Waals surface area contributed by atoms with Crippen molar-refractivity contribution in [1.82, 2.24) is 0 Å². The van der Waals surface area contributed by atoms with Gasteiger partial charge in [-0.15, -0.1) is 0 Å². The summed E-state index contributed by atoms with van der Waals surface area (Å²) in [6.07, 6.45) is 0. The minimum absolute atomic E-state index is 0. The van der Waals surface area contributed by atoms with Crippen LogP contribution >= 0.6 is 9.69 Å². The maximum absolute atomic E-state index is 9.06. The molecule has 0 heterocycles. The van der Waals surface area contributed by atoms with Crippen molar-refractivity contribution in [2.24, 2.45) is 0 Å². The van der Waals surface area contributed by atoms with E-state index in [1.807, 2.05) is 0 Å². The van der Waals surface area contributed by atoms with E-state index in [1.165, 1.54) is 0 Å². The molecular formula is HAlClO2Zn. The van der Waals surface area contributed by atoms with Gasteiger partial charge in [0, 0.05) is 17.4 Å². The Hall–Kier alpha value is 1.21. The Balaban J connectivity index is 0. The molecule has 0 saturated heterocycles. The normalized spacial score (nSPS) is 3.40. The predicted molar refractivity (Wildman–Crippen MR) is 14.5 cm³/mol. The average Bonchev–Trinajstić information content (AvgIpc) is 0.811. The number of hydrogen-bond donors (Lipinski definition) is 1. The molecule has 0 aromatic heterocycles. The Morgan fingerprint density at radius 2 is 1.80 bits per heavy atom. The summed E-state index contributed by atoms with van der Waals surface area (Å²) in [5.41, 5.74) is 0. The van der Waals surface area contributed by atoms with Gasteiger partial charge in [-0.3, -0.25) is 0 Å². The molecule has 0 aromatic rings. The topological polar surface area (TPSA) is 37.3 Å². The molecule has 0 fully saturated rings. The fourth-order valence-corrected chi connectivity index (χ4v) is 0. The second kappa shape index (κ2) is 5.21. The van der Waals surface area contributed by atoms with Gasteiger partial charge in [0.25, 0.3) is 0 Å². The second-order valence-electron chi connectivity index (χ2n) is 0.358. The molecule has 2 nitrogen and oxygen atoms in total. The van der Waals surface area contributed by atoms with E-state index in [1.54, 1.807) is 0 Å². The molecular weight excluding hydrogens is 160 g/mol. The first-order valence-electron chi connectivity index (χ1n) is 0.872. The minimum atomic E-state index is -3.40. The van der Waals surface area contributed by atoms with Crippen LogP contribution in [0, 0.1) is 0 Å². The Bertz CT molecular complexity index is 32.6. The van der Waals surface area contributed by atoms with Crippen LogP contribution in [0.4, 0.5) is 0 Å². The summed E-state index contributed by atoms with van der Waals surface area (Å²) in [6, 6.07) is 0. The molecule has 5 heteroatoms. The van der Waals surface area contributed by atoms with Crippen molar-refractivity contribution in [3.63, 3.8) is 0 Å². The second-order valence-corrected chi connectivity index (χ2v) is 4.23. The standard InChI is InChI=1S/Al.ClH.H2O.O.Zn/h;1H;1H2;;/q;;;;+2/p-2. The van der Waals surface area contributed by atoms with Crippen LogP contribution in [-0.4, -0.2) is 21.3 Å². The number of rotatable bonds is 0. The first-order valence-corrected chi connectivity index (χ1v) is 7.31. The zero-order chi connectivity index (χ0) is 3.58. The van der Waals surface area contributed by atoms with Crippen molar-refractivity contribution >= 4 is 27.1 Å². The van der Waals surface area contributed by atoms with Crippen molar-refractivity contribution in [2.75, 3.05) is 0 Å². The van der Waals surface area contributed by atoms with E-state index < -0.39 is 15.3 Å². The van der Waals surface area contributed by atoms with Crippen LogP contribution < -0.4 is 0 Å². The molecule has 0 atom stereocenters. The van der Waals surface area contributed by atoms with Crippen LogP contribution in [0.15, 0.2) is 0 Å². The van der Waals surface area contributed by atoms with Gasteiger partial charge in [0.1, 0.15) is 0 Å². The Labute approximate surface area is 49.9 Å². The summed E-state index contributed by atoms with van der Waals surface area (Å²) in [5, 5.41) is 0. The number of halogens is 1. The first-order chi connectivity index (χ1) is 1.73. The van der Waals surface area contributed by atoms with E-state index in [9.17, 15) is 0 Å². The van der Waals surface area contributed by atoms with Crippen molar-refractivity contribution < 1.29 is 22.8 Å². The van der Waals surface area contributed by atoms with E-state index >= 15 is 0 Å². The number of hydrogen-bond acceptors (Lipinski definition) is 1. The molecule has 1 N–H and O–H groups in total. The Kier molecular flexibility index (Phi) is 9.90. The average molecular weight is 161 g/mol. The van der Waals surface area contributed by atoms with Crippen molar-refractivity contribution in [3.8, 4) is 0 Å². The Morgan fingerprint density at radius 3 is 1.80 bits per heavy atom. The third-order valence-corrected chi connectivity index (χ3v) is 0. The summed E-state index contributed by atoms with van der Waals surface area (Å²) in [4.78, 5) is 0. The van der Waals surface area contributed by atoms with E-state index in [-0.39, 0.29) is 17.4 Å². The van der Waals surface area contributed by atoms with Gasteiger partial charge in [-0.05, 0) is 0 Å². The molecule has 0 aliphatic rings. The monoisotopic (exact) mass is 159 g/mol. The van der Waals surface area contributed by atoms with Crippen LogP contribution in [0.1, 0.15) is 0 Å². The molecule has 0 amide bonds. The molecule has 0 aromatic carbocycles. The van der Waals surface area contributed by atoms with Gasteiger partial charge in [0.2, 0.25) is 0 Å². The fraction of sp³-hybridized carbons (Fsp3) is 0. The Morgan fingerprint density at radius 1 is 1.80 bits per heavy atom. The molecule has 5 heavy (non-hydrogen) atoms. The molecule has 0 bridgehead atoms. The van der Waals surface area contributed by atoms with Gasteiger partial charge in [0.15, 0.2) is 0 Å². The van der Waals surface area contributed by atoms with Crippen LogP contribution in [0.5, 0.6) is 0 Å². The van der Waals surface area contributed by atoms with E-state index in [2.05, 4.69) is 9.69 Å². The van der Waals surface area contributed by atoms with Crippen molar-refractivity contribution in [1.29, 1.82) is 0 Å². The van der Waals surface area contributed by atoms with Gasteiger partial charge in [-0.25, -0.2) is 0 Å². The van der Waals surface area contributed by atoms with Gasteiger partial charge in [-0.1, -0.05) is 0 Å². The molecule has 0 saturated carbocycles. The summed E-state index contributed by atoms with van der Waals surface area (Å²) >= 11 is -3.40. The van der Waals surface area contributed by atoms with E-state index in [0.717, 1.165) is 0 Å². The molecule has 0 rings (SSSR count). The SMILES string of the molecule is [Al].[O]=[Zn]([OH])[Cl]. The molecule has 0 spiro atoms. The molecule has 0 unspecified atom stereocenters. The summed E-state index contributed by atoms with van der Waals surface area (Å²) in [5.74, 6) is 0. The van der Waals surface area contributed by atoms with Crippen LogP contribution in [0.25, 0.3) is 0 Å². The van der Waals surface area contributed by atoms with Gasteiger partial charge in [-0.2, -0.15) is 0 Å². The molecule has 0 aliphatic heterocycles. The summed E-state index contributed by atoms with van der Waals surface area (Å²) in [6.45, 7) is 0. The zero-order valence-corrected chi connectivity index (χ0v) is 7.40. The summed E-state index contributed by atoms with van der Waals surface area (Å²) in [7, 11) is 4.48. The van der Waals surface area contributed by atoms with Gasteiger partial charge in [0.05, 0.1) is 0 Å². The van der Waals surface area contributed by atoms with Crippen molar-refractivity contribution in [3.05, 3.63) is 0 Å². The predicted octanol–water partition coefficient (Wildman–Crippen LogP) is -0.370. The van der Waals surface area contributed by atoms with Crippen molar-refractivity contribution in [2.45, 2.75) is 0 Å². The van der Waals surface area contributed by atoms with Gasteiger partial charge >= 0.3 is 32.5 Å². The molecule has 25 valence electrons. The first kappa shape index (κ1) is 9.51. The third-order valence-electron chi connectivity index (χ3n) is 0. The summed E-state index contributed by atoms with van der Waals surface area (Å²) < 4.78 is 16.5. The zero-order valence-electron chi connectivity index (χ0n) is 2.52. The van der Waals surface area contributed by atoms with Crippen LogP contribution in [0.3, 0.4) is 0 Å². The fourth-order valence-electron chi connectivity index (χ4n) is 0. The molecule has 0 aliphatic carbocycles.